The first-order chi connectivity index (χ1) is 10.1. The van der Waals surface area contributed by atoms with Gasteiger partial charge in [-0.2, -0.15) is 0 Å². The van der Waals surface area contributed by atoms with Gasteiger partial charge in [0, 0.05) is 4.88 Å². The van der Waals surface area contributed by atoms with Crippen molar-refractivity contribution < 1.29 is 14.3 Å². The lowest BCUT2D eigenvalue weighted by molar-refractivity contribution is 0.0594. The number of ether oxygens (including phenoxy) is 2. The van der Waals surface area contributed by atoms with E-state index >= 15 is 0 Å². The van der Waals surface area contributed by atoms with Gasteiger partial charge in [0.05, 0.1) is 13.7 Å². The summed E-state index contributed by atoms with van der Waals surface area (Å²) in [6, 6.07) is 7.90. The number of esters is 1. The highest BCUT2D eigenvalue weighted by molar-refractivity contribution is 7.15. The Labute approximate surface area is 127 Å². The number of benzene rings is 1. The van der Waals surface area contributed by atoms with Crippen LogP contribution in [0.5, 0.6) is 5.75 Å². The van der Waals surface area contributed by atoms with Crippen LogP contribution in [0.4, 0.5) is 5.13 Å². The molecule has 2 rings (SSSR count). The number of carbonyl (C=O) groups is 1. The lowest BCUT2D eigenvalue weighted by Crippen LogP contribution is -2.11. The minimum Gasteiger partial charge on any atom is -0.492 e. The van der Waals surface area contributed by atoms with Gasteiger partial charge in [-0.05, 0) is 31.5 Å². The third-order valence-corrected chi connectivity index (χ3v) is 3.74. The molecule has 2 aromatic rings. The summed E-state index contributed by atoms with van der Waals surface area (Å²) in [7, 11) is 1.35. The Hall–Kier alpha value is -2.08. The van der Waals surface area contributed by atoms with E-state index in [1.165, 1.54) is 24.0 Å². The maximum atomic E-state index is 11.5. The van der Waals surface area contributed by atoms with Crippen LogP contribution in [-0.4, -0.2) is 31.2 Å². The number of aromatic nitrogens is 1. The van der Waals surface area contributed by atoms with E-state index in [2.05, 4.69) is 15.0 Å². The molecule has 0 aliphatic carbocycles. The topological polar surface area (TPSA) is 60.5 Å². The second-order valence-electron chi connectivity index (χ2n) is 4.51. The van der Waals surface area contributed by atoms with Crippen molar-refractivity contribution in [2.24, 2.45) is 0 Å². The summed E-state index contributed by atoms with van der Waals surface area (Å²) < 4.78 is 10.3. The average Bonchev–Trinajstić information content (AvgIpc) is 2.84. The number of nitrogens with zero attached hydrogens (tertiary/aromatic N) is 1. The van der Waals surface area contributed by atoms with Crippen molar-refractivity contribution >= 4 is 22.4 Å². The van der Waals surface area contributed by atoms with Crippen LogP contribution in [0, 0.1) is 13.8 Å². The van der Waals surface area contributed by atoms with Gasteiger partial charge < -0.3 is 14.8 Å². The highest BCUT2D eigenvalue weighted by Gasteiger charge is 2.15. The summed E-state index contributed by atoms with van der Waals surface area (Å²) in [6.45, 7) is 5.01. The molecule has 0 amide bonds. The Morgan fingerprint density at radius 1 is 1.38 bits per heavy atom. The largest absolute Gasteiger partial charge is 0.492 e. The zero-order valence-corrected chi connectivity index (χ0v) is 13.1. The van der Waals surface area contributed by atoms with Gasteiger partial charge >= 0.3 is 5.97 Å². The number of aryl methyl sites for hydroxylation is 2. The van der Waals surface area contributed by atoms with Crippen LogP contribution in [0.25, 0.3) is 0 Å². The van der Waals surface area contributed by atoms with E-state index in [9.17, 15) is 4.79 Å². The molecular weight excluding hydrogens is 288 g/mol. The number of anilines is 1. The van der Waals surface area contributed by atoms with E-state index in [0.717, 1.165) is 10.6 Å². The molecule has 5 nitrogen and oxygen atoms in total. The van der Waals surface area contributed by atoms with E-state index in [1.807, 2.05) is 38.1 Å². The zero-order chi connectivity index (χ0) is 15.2. The predicted molar refractivity (Wildman–Crippen MR) is 83.4 cm³/mol. The number of hydrogen-bond donors (Lipinski definition) is 1. The summed E-state index contributed by atoms with van der Waals surface area (Å²) in [5.41, 5.74) is 1.53. The molecule has 0 unspecified atom stereocenters. The minimum absolute atomic E-state index is 0.365. The summed E-state index contributed by atoms with van der Waals surface area (Å²) in [4.78, 5) is 16.5. The van der Waals surface area contributed by atoms with E-state index in [1.54, 1.807) is 0 Å². The van der Waals surface area contributed by atoms with Crippen LogP contribution in [-0.2, 0) is 4.74 Å². The van der Waals surface area contributed by atoms with Crippen molar-refractivity contribution in [1.29, 1.82) is 0 Å². The van der Waals surface area contributed by atoms with Gasteiger partial charge in [-0.1, -0.05) is 12.1 Å². The molecule has 1 aromatic carbocycles. The fourth-order valence-corrected chi connectivity index (χ4v) is 2.62. The summed E-state index contributed by atoms with van der Waals surface area (Å²) in [5.74, 6) is 0.440. The molecule has 21 heavy (non-hydrogen) atoms. The lowest BCUT2D eigenvalue weighted by atomic mass is 10.2. The van der Waals surface area contributed by atoms with Crippen molar-refractivity contribution in [2.45, 2.75) is 13.8 Å². The molecule has 1 N–H and O–H groups in total. The highest BCUT2D eigenvalue weighted by atomic mass is 32.1. The van der Waals surface area contributed by atoms with E-state index < -0.39 is 5.97 Å². The Morgan fingerprint density at radius 3 is 2.90 bits per heavy atom. The molecule has 0 saturated heterocycles. The monoisotopic (exact) mass is 306 g/mol. The highest BCUT2D eigenvalue weighted by Crippen LogP contribution is 2.22. The van der Waals surface area contributed by atoms with Gasteiger partial charge in [-0.25, -0.2) is 9.78 Å². The van der Waals surface area contributed by atoms with Gasteiger partial charge in [0.1, 0.15) is 12.4 Å². The van der Waals surface area contributed by atoms with Crippen molar-refractivity contribution in [3.05, 3.63) is 40.4 Å². The molecule has 0 atom stereocenters. The van der Waals surface area contributed by atoms with Crippen molar-refractivity contribution in [3.63, 3.8) is 0 Å². The molecule has 6 heteroatoms. The first kappa shape index (κ1) is 15.3. The number of carbonyl (C=O) groups excluding carboxylic acids is 1. The van der Waals surface area contributed by atoms with Gasteiger partial charge in [0.15, 0.2) is 10.8 Å². The molecule has 1 heterocycles. The number of methoxy groups -OCH3 is 1. The van der Waals surface area contributed by atoms with E-state index in [-0.39, 0.29) is 0 Å². The van der Waals surface area contributed by atoms with Crippen molar-refractivity contribution in [2.75, 3.05) is 25.6 Å². The fourth-order valence-electron chi connectivity index (χ4n) is 1.79. The maximum absolute atomic E-state index is 11.5. The first-order valence-corrected chi connectivity index (χ1v) is 7.41. The molecule has 0 aliphatic rings. The van der Waals surface area contributed by atoms with Gasteiger partial charge in [-0.3, -0.25) is 0 Å². The van der Waals surface area contributed by atoms with Crippen LogP contribution in [0.1, 0.15) is 20.9 Å². The summed E-state index contributed by atoms with van der Waals surface area (Å²) in [6.07, 6.45) is 0. The van der Waals surface area contributed by atoms with Crippen LogP contribution >= 0.6 is 11.3 Å². The Bertz CT molecular complexity index is 625. The molecule has 0 spiro atoms. The second kappa shape index (κ2) is 7.08. The third kappa shape index (κ3) is 4.19. The van der Waals surface area contributed by atoms with Gasteiger partial charge in [0.25, 0.3) is 0 Å². The summed E-state index contributed by atoms with van der Waals surface area (Å²) in [5, 5.41) is 3.84. The molecule has 1 aromatic heterocycles. The van der Waals surface area contributed by atoms with Crippen molar-refractivity contribution in [3.8, 4) is 5.75 Å². The van der Waals surface area contributed by atoms with Gasteiger partial charge in [-0.15, -0.1) is 11.3 Å². The number of hydrogen-bond acceptors (Lipinski definition) is 6. The minimum atomic E-state index is -0.409. The lowest BCUT2D eigenvalue weighted by Gasteiger charge is -2.07. The average molecular weight is 306 g/mol. The molecule has 112 valence electrons. The van der Waals surface area contributed by atoms with E-state index in [4.69, 9.17) is 4.74 Å². The quantitative estimate of drug-likeness (QED) is 0.656. The number of rotatable bonds is 6. The Morgan fingerprint density at radius 2 is 2.19 bits per heavy atom. The smallest absolute Gasteiger partial charge is 0.357 e. The predicted octanol–water partition coefficient (Wildman–Crippen LogP) is 3.04. The molecular formula is C15H18N2O3S. The molecule has 0 fully saturated rings. The fraction of sp³-hybridized carbons (Fsp3) is 0.333. The first-order valence-electron chi connectivity index (χ1n) is 6.59. The maximum Gasteiger partial charge on any atom is 0.357 e. The second-order valence-corrected chi connectivity index (χ2v) is 5.71. The molecule has 0 saturated carbocycles. The third-order valence-electron chi connectivity index (χ3n) is 2.81. The molecule has 0 bridgehead atoms. The zero-order valence-electron chi connectivity index (χ0n) is 12.3. The standard InChI is InChI=1S/C15H18N2O3S/c1-10-5-4-6-12(9-10)20-8-7-16-15-17-13(11(2)21-15)14(18)19-3/h4-6,9H,7-8H2,1-3H3,(H,16,17). The Kier molecular flexibility index (Phi) is 5.16. The van der Waals surface area contributed by atoms with Gasteiger partial charge in [0.2, 0.25) is 0 Å². The molecule has 0 radical (unpaired) electrons. The van der Waals surface area contributed by atoms with Crippen LogP contribution in [0.15, 0.2) is 24.3 Å². The normalized spacial score (nSPS) is 10.2. The number of thiazole rings is 1. The number of nitrogens with one attached hydrogen (secondary N) is 1. The summed E-state index contributed by atoms with van der Waals surface area (Å²) >= 11 is 1.43. The van der Waals surface area contributed by atoms with Crippen LogP contribution < -0.4 is 10.1 Å². The molecule has 0 aliphatic heterocycles. The Balaban J connectivity index is 1.82. The SMILES string of the molecule is COC(=O)c1nc(NCCOc2cccc(C)c2)sc1C. The van der Waals surface area contributed by atoms with Crippen molar-refractivity contribution in [1.82, 2.24) is 4.98 Å². The van der Waals surface area contributed by atoms with Crippen LogP contribution in [0.2, 0.25) is 0 Å². The van der Waals surface area contributed by atoms with Crippen LogP contribution in [0.3, 0.4) is 0 Å². The van der Waals surface area contributed by atoms with E-state index in [0.29, 0.717) is 24.0 Å².